The number of aliphatic carboxylic acids is 1. The molecule has 7 heteroatoms. The zero-order chi connectivity index (χ0) is 17.1. The molecule has 1 heterocycles. The minimum atomic E-state index is -0.976. The third-order valence-electron chi connectivity index (χ3n) is 4.25. The number of halogens is 1. The number of aliphatic imine (C=N–C) groups is 1. The maximum atomic E-state index is 12.7. The van der Waals surface area contributed by atoms with Crippen LogP contribution in [-0.2, 0) is 9.59 Å². The van der Waals surface area contributed by atoms with E-state index in [1.165, 1.54) is 18.2 Å². The predicted molar refractivity (Wildman–Crippen MR) is 96.9 cm³/mol. The summed E-state index contributed by atoms with van der Waals surface area (Å²) in [6, 6.07) is 7.18. The van der Waals surface area contributed by atoms with Crippen LogP contribution in [-0.4, -0.2) is 33.4 Å². The van der Waals surface area contributed by atoms with Crippen LogP contribution in [0.15, 0.2) is 29.3 Å². The largest absolute Gasteiger partial charge is 0.481 e. The molecule has 1 saturated heterocycles. The summed E-state index contributed by atoms with van der Waals surface area (Å²) in [4.78, 5) is 30.1. The molecular formula is C17H19ClN2O3S. The Hall–Kier alpha value is -1.53. The maximum Gasteiger partial charge on any atom is 0.305 e. The number of carboxylic acid groups (broad SMARTS) is 1. The zero-order valence-corrected chi connectivity index (χ0v) is 14.7. The van der Waals surface area contributed by atoms with Crippen molar-refractivity contribution in [1.29, 1.82) is 0 Å². The topological polar surface area (TPSA) is 70.0 Å². The molecule has 1 atom stereocenters. The SMILES string of the molecule is O=C(O)CC1SC(=NC2CCCCC2)N(c2ccc(Cl)cc2)C1=O. The van der Waals surface area contributed by atoms with E-state index in [-0.39, 0.29) is 18.4 Å². The summed E-state index contributed by atoms with van der Waals surface area (Å²) in [5, 5.41) is 9.63. The Labute approximate surface area is 150 Å². The van der Waals surface area contributed by atoms with E-state index < -0.39 is 11.2 Å². The number of benzene rings is 1. The molecule has 5 nitrogen and oxygen atoms in total. The van der Waals surface area contributed by atoms with Crippen LogP contribution in [0, 0.1) is 0 Å². The van der Waals surface area contributed by atoms with Crippen molar-refractivity contribution in [3.8, 4) is 0 Å². The number of thioether (sulfide) groups is 1. The molecule has 1 aromatic rings. The lowest BCUT2D eigenvalue weighted by molar-refractivity contribution is -0.138. The Bertz CT molecular complexity index is 656. The van der Waals surface area contributed by atoms with Crippen LogP contribution in [0.4, 0.5) is 5.69 Å². The molecule has 1 unspecified atom stereocenters. The van der Waals surface area contributed by atoms with E-state index in [0.717, 1.165) is 25.7 Å². The van der Waals surface area contributed by atoms with E-state index in [1.807, 2.05) is 0 Å². The van der Waals surface area contributed by atoms with Crippen molar-refractivity contribution < 1.29 is 14.7 Å². The van der Waals surface area contributed by atoms with Crippen molar-refractivity contribution in [2.45, 2.75) is 49.8 Å². The fourth-order valence-corrected chi connectivity index (χ4v) is 4.36. The molecule has 2 aliphatic rings. The first-order valence-electron chi connectivity index (χ1n) is 8.10. The van der Waals surface area contributed by atoms with Gasteiger partial charge in [-0.3, -0.25) is 19.5 Å². The summed E-state index contributed by atoms with van der Waals surface area (Å²) < 4.78 is 0. The van der Waals surface area contributed by atoms with Crippen molar-refractivity contribution in [2.75, 3.05) is 4.90 Å². The Morgan fingerprint density at radius 3 is 2.54 bits per heavy atom. The van der Waals surface area contributed by atoms with Crippen LogP contribution in [0.3, 0.4) is 0 Å². The summed E-state index contributed by atoms with van der Waals surface area (Å²) >= 11 is 7.19. The van der Waals surface area contributed by atoms with Gasteiger partial charge in [0.1, 0.15) is 5.25 Å². The van der Waals surface area contributed by atoms with Gasteiger partial charge in [-0.25, -0.2) is 0 Å². The van der Waals surface area contributed by atoms with Crippen LogP contribution in [0.2, 0.25) is 5.02 Å². The second-order valence-corrected chi connectivity index (χ2v) is 7.66. The van der Waals surface area contributed by atoms with Gasteiger partial charge >= 0.3 is 5.97 Å². The Morgan fingerprint density at radius 1 is 1.25 bits per heavy atom. The fraction of sp³-hybridized carbons (Fsp3) is 0.471. The highest BCUT2D eigenvalue weighted by molar-refractivity contribution is 8.16. The highest BCUT2D eigenvalue weighted by Crippen LogP contribution is 2.35. The maximum absolute atomic E-state index is 12.7. The quantitative estimate of drug-likeness (QED) is 0.875. The molecule has 1 N–H and O–H groups in total. The third-order valence-corrected chi connectivity index (χ3v) is 5.65. The number of anilines is 1. The number of hydrogen-bond donors (Lipinski definition) is 1. The molecule has 1 saturated carbocycles. The normalized spacial score (nSPS) is 23.9. The molecule has 128 valence electrons. The zero-order valence-electron chi connectivity index (χ0n) is 13.2. The predicted octanol–water partition coefficient (Wildman–Crippen LogP) is 3.95. The average Bonchev–Trinajstić information content (AvgIpc) is 2.84. The van der Waals surface area contributed by atoms with Crippen LogP contribution in [0.25, 0.3) is 0 Å². The third kappa shape index (κ3) is 3.92. The van der Waals surface area contributed by atoms with E-state index in [4.69, 9.17) is 21.7 Å². The van der Waals surface area contributed by atoms with Gasteiger partial charge in [0.2, 0.25) is 5.91 Å². The number of amidine groups is 1. The molecule has 3 rings (SSSR count). The second-order valence-electron chi connectivity index (χ2n) is 6.06. The fourth-order valence-electron chi connectivity index (χ4n) is 3.04. The lowest BCUT2D eigenvalue weighted by atomic mass is 9.96. The Kier molecular flexibility index (Phi) is 5.46. The number of rotatable bonds is 4. The molecular weight excluding hydrogens is 348 g/mol. The summed E-state index contributed by atoms with van der Waals surface area (Å²) in [5.74, 6) is -1.20. The monoisotopic (exact) mass is 366 g/mol. The number of carbonyl (C=O) groups excluding carboxylic acids is 1. The summed E-state index contributed by atoms with van der Waals surface area (Å²) in [7, 11) is 0. The van der Waals surface area contributed by atoms with E-state index in [2.05, 4.69) is 0 Å². The second kappa shape index (κ2) is 7.57. The first-order valence-corrected chi connectivity index (χ1v) is 9.36. The van der Waals surface area contributed by atoms with Crippen LogP contribution >= 0.6 is 23.4 Å². The molecule has 0 aromatic heterocycles. The van der Waals surface area contributed by atoms with Gasteiger partial charge in [0, 0.05) is 5.02 Å². The van der Waals surface area contributed by atoms with Crippen molar-refractivity contribution in [3.63, 3.8) is 0 Å². The van der Waals surface area contributed by atoms with Crippen LogP contribution in [0.5, 0.6) is 0 Å². The highest BCUT2D eigenvalue weighted by Gasteiger charge is 2.40. The number of hydrogen-bond acceptors (Lipinski definition) is 4. The molecule has 0 bridgehead atoms. The number of amides is 1. The lowest BCUT2D eigenvalue weighted by Gasteiger charge is -2.21. The molecule has 1 amide bonds. The van der Waals surface area contributed by atoms with Crippen LogP contribution in [0.1, 0.15) is 38.5 Å². The standard InChI is InChI=1S/C17H19ClN2O3S/c18-11-6-8-13(9-7-11)20-16(23)14(10-15(21)22)24-17(20)19-12-4-2-1-3-5-12/h6-9,12,14H,1-5,10H2,(H,21,22). The first-order chi connectivity index (χ1) is 11.5. The van der Waals surface area contributed by atoms with Crippen molar-refractivity contribution >= 4 is 46.1 Å². The first kappa shape index (κ1) is 17.3. The van der Waals surface area contributed by atoms with Gasteiger partial charge in [-0.05, 0) is 37.1 Å². The van der Waals surface area contributed by atoms with E-state index in [9.17, 15) is 9.59 Å². The summed E-state index contributed by atoms with van der Waals surface area (Å²) in [6.45, 7) is 0. The van der Waals surface area contributed by atoms with Gasteiger partial charge in [0.15, 0.2) is 5.17 Å². The van der Waals surface area contributed by atoms with Crippen molar-refractivity contribution in [1.82, 2.24) is 0 Å². The summed E-state index contributed by atoms with van der Waals surface area (Å²) in [6.07, 6.45) is 5.39. The molecule has 1 aliphatic heterocycles. The van der Waals surface area contributed by atoms with E-state index in [0.29, 0.717) is 15.9 Å². The number of carboxylic acids is 1. The van der Waals surface area contributed by atoms with E-state index in [1.54, 1.807) is 29.2 Å². The molecule has 1 aliphatic carbocycles. The Balaban J connectivity index is 1.90. The van der Waals surface area contributed by atoms with E-state index >= 15 is 0 Å². The molecule has 1 aromatic carbocycles. The highest BCUT2D eigenvalue weighted by atomic mass is 35.5. The lowest BCUT2D eigenvalue weighted by Crippen LogP contribution is -2.33. The van der Waals surface area contributed by atoms with Crippen LogP contribution < -0.4 is 4.90 Å². The van der Waals surface area contributed by atoms with Gasteiger partial charge in [-0.15, -0.1) is 0 Å². The minimum absolute atomic E-state index is 0.197. The van der Waals surface area contributed by atoms with Gasteiger partial charge in [-0.2, -0.15) is 0 Å². The van der Waals surface area contributed by atoms with Gasteiger partial charge in [0.05, 0.1) is 18.2 Å². The molecule has 24 heavy (non-hydrogen) atoms. The smallest absolute Gasteiger partial charge is 0.305 e. The van der Waals surface area contributed by atoms with Gasteiger partial charge < -0.3 is 5.11 Å². The number of nitrogens with zero attached hydrogens (tertiary/aromatic N) is 2. The summed E-state index contributed by atoms with van der Waals surface area (Å²) in [5.41, 5.74) is 0.680. The molecule has 0 radical (unpaired) electrons. The molecule has 0 spiro atoms. The van der Waals surface area contributed by atoms with Crippen molar-refractivity contribution in [2.24, 2.45) is 4.99 Å². The number of carbonyl (C=O) groups is 2. The van der Waals surface area contributed by atoms with Gasteiger partial charge in [0.25, 0.3) is 0 Å². The molecule has 2 fully saturated rings. The Morgan fingerprint density at radius 2 is 1.92 bits per heavy atom. The average molecular weight is 367 g/mol. The van der Waals surface area contributed by atoms with Crippen molar-refractivity contribution in [3.05, 3.63) is 29.3 Å². The van der Waals surface area contributed by atoms with Gasteiger partial charge in [-0.1, -0.05) is 42.6 Å². The minimum Gasteiger partial charge on any atom is -0.481 e.